The highest BCUT2D eigenvalue weighted by molar-refractivity contribution is 6.35. The Labute approximate surface area is 158 Å². The van der Waals surface area contributed by atoms with Gasteiger partial charge in [0.2, 0.25) is 0 Å². The van der Waals surface area contributed by atoms with Gasteiger partial charge < -0.3 is 4.90 Å². The number of nitrogens with zero attached hydrogens (tertiary/aromatic N) is 2. The van der Waals surface area contributed by atoms with Gasteiger partial charge in [-0.05, 0) is 54.1 Å². The number of likely N-dealkylation sites (N-methyl/N-ethyl adjacent to an activating group) is 1. The molecule has 0 saturated carbocycles. The van der Waals surface area contributed by atoms with Crippen molar-refractivity contribution >= 4 is 23.2 Å². The molecule has 0 fully saturated rings. The number of hydrogen-bond donors (Lipinski definition) is 0. The molecule has 0 unspecified atom stereocenters. The topological polar surface area (TPSA) is 16.1 Å². The van der Waals surface area contributed by atoms with Gasteiger partial charge in [0.25, 0.3) is 0 Å². The van der Waals surface area contributed by atoms with E-state index in [2.05, 4.69) is 47.3 Å². The molecule has 2 heterocycles. The maximum Gasteiger partial charge on any atom is 0.0702 e. The van der Waals surface area contributed by atoms with Gasteiger partial charge in [0.15, 0.2) is 0 Å². The third-order valence-electron chi connectivity index (χ3n) is 4.74. The second kappa shape index (κ2) is 6.80. The van der Waals surface area contributed by atoms with E-state index < -0.39 is 0 Å². The molecule has 4 rings (SSSR count). The van der Waals surface area contributed by atoms with Gasteiger partial charge in [0, 0.05) is 40.8 Å². The Kier molecular flexibility index (Phi) is 4.51. The highest BCUT2D eigenvalue weighted by Gasteiger charge is 2.27. The highest BCUT2D eigenvalue weighted by atomic mass is 35.5. The molecule has 0 radical (unpaired) electrons. The van der Waals surface area contributed by atoms with Crippen LogP contribution >= 0.6 is 23.2 Å². The molecule has 1 aromatic heterocycles. The van der Waals surface area contributed by atoms with Gasteiger partial charge in [-0.2, -0.15) is 0 Å². The van der Waals surface area contributed by atoms with Gasteiger partial charge in [-0.1, -0.05) is 47.5 Å². The van der Waals surface area contributed by atoms with Crippen molar-refractivity contribution in [2.75, 3.05) is 13.6 Å². The summed E-state index contributed by atoms with van der Waals surface area (Å²) in [5, 5.41) is 1.44. The van der Waals surface area contributed by atoms with E-state index in [1.54, 1.807) is 0 Å². The van der Waals surface area contributed by atoms with Crippen molar-refractivity contribution in [1.82, 2.24) is 9.88 Å². The van der Waals surface area contributed by atoms with Crippen LogP contribution < -0.4 is 0 Å². The standard InChI is InChI=1S/C21H18Cl2N2/c1-25-12-18(17-10-16(22)11-20(23)19(17)13-25)14-5-4-6-15(9-14)21-7-2-3-8-24-21/h2-11,18H,12-13H2,1H3/t18-/m0/s1. The first-order valence-corrected chi connectivity index (χ1v) is 9.05. The molecule has 2 nitrogen and oxygen atoms in total. The zero-order chi connectivity index (χ0) is 17.4. The summed E-state index contributed by atoms with van der Waals surface area (Å²) < 4.78 is 0. The van der Waals surface area contributed by atoms with Crippen molar-refractivity contribution < 1.29 is 0 Å². The van der Waals surface area contributed by atoms with Crippen LogP contribution in [0.2, 0.25) is 10.0 Å². The quantitative estimate of drug-likeness (QED) is 0.582. The fraction of sp³-hybridized carbons (Fsp3) is 0.190. The molecule has 126 valence electrons. The third-order valence-corrected chi connectivity index (χ3v) is 5.30. The summed E-state index contributed by atoms with van der Waals surface area (Å²) in [6.45, 7) is 1.79. The van der Waals surface area contributed by atoms with Crippen LogP contribution in [0.3, 0.4) is 0 Å². The average Bonchev–Trinajstić information content (AvgIpc) is 2.63. The van der Waals surface area contributed by atoms with Gasteiger partial charge in [-0.15, -0.1) is 0 Å². The van der Waals surface area contributed by atoms with Crippen molar-refractivity contribution in [3.8, 4) is 11.3 Å². The summed E-state index contributed by atoms with van der Waals surface area (Å²) in [6, 6.07) is 18.5. The van der Waals surface area contributed by atoms with Crippen LogP contribution in [0, 0.1) is 0 Å². The number of halogens is 2. The number of benzene rings is 2. The van der Waals surface area contributed by atoms with Crippen LogP contribution in [-0.4, -0.2) is 23.5 Å². The molecular weight excluding hydrogens is 351 g/mol. The monoisotopic (exact) mass is 368 g/mol. The second-order valence-electron chi connectivity index (χ2n) is 6.55. The summed E-state index contributed by atoms with van der Waals surface area (Å²) in [5.74, 6) is 0.244. The fourth-order valence-electron chi connectivity index (χ4n) is 3.58. The molecule has 0 amide bonds. The molecule has 1 aliphatic heterocycles. The Bertz CT molecular complexity index is 909. The molecule has 0 N–H and O–H groups in total. The lowest BCUT2D eigenvalue weighted by molar-refractivity contribution is 0.295. The smallest absolute Gasteiger partial charge is 0.0702 e. The van der Waals surface area contributed by atoms with E-state index in [-0.39, 0.29) is 5.92 Å². The molecule has 0 bridgehead atoms. The van der Waals surface area contributed by atoms with Gasteiger partial charge >= 0.3 is 0 Å². The van der Waals surface area contributed by atoms with E-state index in [0.717, 1.165) is 29.4 Å². The zero-order valence-electron chi connectivity index (χ0n) is 13.9. The Morgan fingerprint density at radius 3 is 2.72 bits per heavy atom. The molecule has 0 aliphatic carbocycles. The van der Waals surface area contributed by atoms with Crippen LogP contribution in [0.4, 0.5) is 0 Å². The largest absolute Gasteiger partial charge is 0.301 e. The van der Waals surface area contributed by atoms with E-state index in [4.69, 9.17) is 23.2 Å². The van der Waals surface area contributed by atoms with Crippen molar-refractivity contribution in [2.24, 2.45) is 0 Å². The normalized spacial score (nSPS) is 17.3. The first-order valence-electron chi connectivity index (χ1n) is 8.29. The number of pyridine rings is 1. The van der Waals surface area contributed by atoms with Gasteiger partial charge in [-0.25, -0.2) is 0 Å². The number of hydrogen-bond acceptors (Lipinski definition) is 2. The van der Waals surface area contributed by atoms with Crippen molar-refractivity contribution in [3.05, 3.63) is 87.5 Å². The van der Waals surface area contributed by atoms with E-state index in [9.17, 15) is 0 Å². The predicted molar refractivity (Wildman–Crippen MR) is 104 cm³/mol. The number of rotatable bonds is 2. The van der Waals surface area contributed by atoms with Gasteiger partial charge in [0.1, 0.15) is 0 Å². The SMILES string of the molecule is CN1Cc2c(Cl)cc(Cl)cc2[C@H](c2cccc(-c3ccccn3)c2)C1. The van der Waals surface area contributed by atoms with Gasteiger partial charge in [0.05, 0.1) is 5.69 Å². The number of fused-ring (bicyclic) bond motifs is 1. The Morgan fingerprint density at radius 2 is 1.92 bits per heavy atom. The summed E-state index contributed by atoms with van der Waals surface area (Å²) >= 11 is 12.8. The lowest BCUT2D eigenvalue weighted by atomic mass is 9.84. The van der Waals surface area contributed by atoms with Crippen LogP contribution in [0.25, 0.3) is 11.3 Å². The van der Waals surface area contributed by atoms with Crippen LogP contribution in [0.1, 0.15) is 22.6 Å². The molecule has 1 atom stereocenters. The summed E-state index contributed by atoms with van der Waals surface area (Å²) in [5.41, 5.74) is 5.77. The second-order valence-corrected chi connectivity index (χ2v) is 7.39. The van der Waals surface area contributed by atoms with Gasteiger partial charge in [-0.3, -0.25) is 4.98 Å². The maximum absolute atomic E-state index is 6.47. The molecule has 1 aliphatic rings. The third kappa shape index (κ3) is 3.30. The van der Waals surface area contributed by atoms with E-state index >= 15 is 0 Å². The summed E-state index contributed by atoms with van der Waals surface area (Å²) in [4.78, 5) is 6.78. The van der Waals surface area contributed by atoms with E-state index in [1.165, 1.54) is 16.7 Å². The summed E-state index contributed by atoms with van der Waals surface area (Å²) in [7, 11) is 2.13. The molecule has 0 saturated heterocycles. The zero-order valence-corrected chi connectivity index (χ0v) is 15.4. The fourth-order valence-corrected chi connectivity index (χ4v) is 4.15. The molecular formula is C21H18Cl2N2. The van der Waals surface area contributed by atoms with E-state index in [1.807, 2.05) is 30.5 Å². The lowest BCUT2D eigenvalue weighted by Crippen LogP contribution is -2.31. The minimum atomic E-state index is 0.244. The van der Waals surface area contributed by atoms with Crippen molar-refractivity contribution in [1.29, 1.82) is 0 Å². The Morgan fingerprint density at radius 1 is 1.04 bits per heavy atom. The molecule has 0 spiro atoms. The first kappa shape index (κ1) is 16.6. The van der Waals surface area contributed by atoms with Crippen molar-refractivity contribution in [3.63, 3.8) is 0 Å². The molecule has 4 heteroatoms. The molecule has 3 aromatic rings. The molecule has 2 aromatic carbocycles. The average molecular weight is 369 g/mol. The Hall–Kier alpha value is -1.87. The van der Waals surface area contributed by atoms with E-state index in [0.29, 0.717) is 5.02 Å². The lowest BCUT2D eigenvalue weighted by Gasteiger charge is -2.33. The predicted octanol–water partition coefficient (Wildman–Crippen LogP) is 5.63. The maximum atomic E-state index is 6.47. The molecule has 25 heavy (non-hydrogen) atoms. The number of aromatic nitrogens is 1. The van der Waals surface area contributed by atoms with Crippen LogP contribution in [0.15, 0.2) is 60.8 Å². The first-order chi connectivity index (χ1) is 12.1. The Balaban J connectivity index is 1.81. The minimum Gasteiger partial charge on any atom is -0.301 e. The van der Waals surface area contributed by atoms with Crippen LogP contribution in [0.5, 0.6) is 0 Å². The minimum absolute atomic E-state index is 0.244. The highest BCUT2D eigenvalue weighted by Crippen LogP contribution is 2.39. The van der Waals surface area contributed by atoms with Crippen LogP contribution in [-0.2, 0) is 6.54 Å². The van der Waals surface area contributed by atoms with Crippen molar-refractivity contribution in [2.45, 2.75) is 12.5 Å². The summed E-state index contributed by atoms with van der Waals surface area (Å²) in [6.07, 6.45) is 1.82.